The van der Waals surface area contributed by atoms with Crippen molar-refractivity contribution in [2.75, 3.05) is 13.2 Å². The fraction of sp³-hybridized carbons (Fsp3) is 0.200. The summed E-state index contributed by atoms with van der Waals surface area (Å²) in [6.07, 6.45) is 0. The lowest BCUT2D eigenvalue weighted by molar-refractivity contribution is -0.385. The first-order chi connectivity index (χ1) is 10.1. The van der Waals surface area contributed by atoms with Gasteiger partial charge < -0.3 is 10.1 Å². The van der Waals surface area contributed by atoms with E-state index in [1.54, 1.807) is 0 Å². The van der Waals surface area contributed by atoms with Gasteiger partial charge in [-0.05, 0) is 23.8 Å². The Balaban J connectivity index is 1.77. The lowest BCUT2D eigenvalue weighted by Gasteiger charge is -2.07. The Kier molecular flexibility index (Phi) is 5.22. The maximum absolute atomic E-state index is 13.2. The normalized spacial score (nSPS) is 10.3. The van der Waals surface area contributed by atoms with Gasteiger partial charge >= 0.3 is 0 Å². The molecule has 6 heteroatoms. The molecule has 0 bridgehead atoms. The van der Waals surface area contributed by atoms with E-state index in [1.165, 1.54) is 12.1 Å². The van der Waals surface area contributed by atoms with Crippen LogP contribution in [-0.4, -0.2) is 18.1 Å². The number of rotatable bonds is 7. The summed E-state index contributed by atoms with van der Waals surface area (Å²) in [5.41, 5.74) is 0.286. The van der Waals surface area contributed by atoms with Crippen LogP contribution in [0, 0.1) is 15.9 Å². The molecule has 0 aromatic heterocycles. The van der Waals surface area contributed by atoms with E-state index in [0.717, 1.165) is 11.8 Å². The van der Waals surface area contributed by atoms with Crippen molar-refractivity contribution in [3.8, 4) is 5.75 Å². The highest BCUT2D eigenvalue weighted by Gasteiger charge is 2.09. The number of nitrogens with one attached hydrogen (secondary N) is 1. The first kappa shape index (κ1) is 14.9. The van der Waals surface area contributed by atoms with Crippen LogP contribution < -0.4 is 10.1 Å². The first-order valence-corrected chi connectivity index (χ1v) is 6.47. The van der Waals surface area contributed by atoms with Crippen molar-refractivity contribution in [3.05, 3.63) is 70.0 Å². The van der Waals surface area contributed by atoms with E-state index in [9.17, 15) is 14.5 Å². The number of hydrogen-bond donors (Lipinski definition) is 1. The summed E-state index contributed by atoms with van der Waals surface area (Å²) >= 11 is 0. The summed E-state index contributed by atoms with van der Waals surface area (Å²) in [6.45, 7) is 1.36. The molecule has 21 heavy (non-hydrogen) atoms. The molecular formula is C15H15FN2O3. The largest absolute Gasteiger partial charge is 0.492 e. The number of ether oxygens (including phenoxy) is 1. The Morgan fingerprint density at radius 2 is 1.95 bits per heavy atom. The van der Waals surface area contributed by atoms with Gasteiger partial charge in [0, 0.05) is 19.2 Å². The summed E-state index contributed by atoms with van der Waals surface area (Å²) in [7, 11) is 0. The Morgan fingerprint density at radius 1 is 1.19 bits per heavy atom. The number of nitrogens with zero attached hydrogens (tertiary/aromatic N) is 1. The van der Waals surface area contributed by atoms with Crippen molar-refractivity contribution in [2.45, 2.75) is 6.54 Å². The molecule has 0 aliphatic carbocycles. The van der Waals surface area contributed by atoms with Crippen molar-refractivity contribution < 1.29 is 14.1 Å². The fourth-order valence-corrected chi connectivity index (χ4v) is 1.83. The van der Waals surface area contributed by atoms with Gasteiger partial charge in [0.25, 0.3) is 5.69 Å². The van der Waals surface area contributed by atoms with E-state index in [2.05, 4.69) is 5.32 Å². The van der Waals surface area contributed by atoms with Gasteiger partial charge in [-0.1, -0.05) is 18.2 Å². The molecule has 0 saturated heterocycles. The van der Waals surface area contributed by atoms with Gasteiger partial charge in [0.05, 0.1) is 11.0 Å². The summed E-state index contributed by atoms with van der Waals surface area (Å²) < 4.78 is 18.7. The SMILES string of the molecule is O=[N+]([O-])c1cc(F)cc(CNCCOc2ccccc2)c1. The van der Waals surface area contributed by atoms with Crippen molar-refractivity contribution in [1.29, 1.82) is 0 Å². The number of non-ortho nitro benzene ring substituents is 1. The number of halogens is 1. The molecule has 0 unspecified atom stereocenters. The van der Waals surface area contributed by atoms with Crippen LogP contribution in [0.2, 0.25) is 0 Å². The molecule has 0 saturated carbocycles. The second kappa shape index (κ2) is 7.35. The molecule has 0 amide bonds. The standard InChI is InChI=1S/C15H15FN2O3/c16-13-8-12(9-14(10-13)18(19)20)11-17-6-7-21-15-4-2-1-3-5-15/h1-5,8-10,17H,6-7,11H2. The summed E-state index contributed by atoms with van der Waals surface area (Å²) in [5, 5.41) is 13.7. The summed E-state index contributed by atoms with van der Waals surface area (Å²) in [6, 6.07) is 12.9. The molecular weight excluding hydrogens is 275 g/mol. The molecule has 0 heterocycles. The van der Waals surface area contributed by atoms with Gasteiger partial charge in [-0.25, -0.2) is 4.39 Å². The minimum absolute atomic E-state index is 0.243. The number of nitro groups is 1. The second-order valence-corrected chi connectivity index (χ2v) is 4.41. The highest BCUT2D eigenvalue weighted by atomic mass is 19.1. The molecule has 0 aliphatic heterocycles. The molecule has 1 N–H and O–H groups in total. The van der Waals surface area contributed by atoms with Crippen LogP contribution in [0.4, 0.5) is 10.1 Å². The highest BCUT2D eigenvalue weighted by Crippen LogP contribution is 2.16. The Hall–Kier alpha value is -2.47. The predicted molar refractivity (Wildman–Crippen MR) is 76.7 cm³/mol. The van der Waals surface area contributed by atoms with Crippen LogP contribution in [0.3, 0.4) is 0 Å². The van der Waals surface area contributed by atoms with Gasteiger partial charge in [-0.15, -0.1) is 0 Å². The Labute approximate surface area is 121 Å². The quantitative estimate of drug-likeness (QED) is 0.484. The van der Waals surface area contributed by atoms with Gasteiger partial charge in [0.1, 0.15) is 18.2 Å². The lowest BCUT2D eigenvalue weighted by atomic mass is 10.2. The molecule has 5 nitrogen and oxygen atoms in total. The van der Waals surface area contributed by atoms with Gasteiger partial charge in [0.2, 0.25) is 0 Å². The average Bonchev–Trinajstić information content (AvgIpc) is 2.47. The maximum atomic E-state index is 13.2. The highest BCUT2D eigenvalue weighted by molar-refractivity contribution is 5.35. The monoisotopic (exact) mass is 290 g/mol. The molecule has 2 rings (SSSR count). The van der Waals surface area contributed by atoms with E-state index < -0.39 is 10.7 Å². The van der Waals surface area contributed by atoms with Crippen molar-refractivity contribution in [2.24, 2.45) is 0 Å². The zero-order chi connectivity index (χ0) is 15.1. The Morgan fingerprint density at radius 3 is 2.67 bits per heavy atom. The number of hydrogen-bond acceptors (Lipinski definition) is 4. The predicted octanol–water partition coefficient (Wildman–Crippen LogP) is 2.90. The van der Waals surface area contributed by atoms with Crippen LogP contribution in [0.5, 0.6) is 5.75 Å². The Bertz CT molecular complexity index is 605. The molecule has 0 aliphatic rings. The minimum atomic E-state index is -0.610. The summed E-state index contributed by atoms with van der Waals surface area (Å²) in [4.78, 5) is 10.0. The van der Waals surface area contributed by atoms with Crippen molar-refractivity contribution >= 4 is 5.69 Å². The first-order valence-electron chi connectivity index (χ1n) is 6.47. The zero-order valence-corrected chi connectivity index (χ0v) is 11.3. The number of nitro benzene ring substituents is 1. The van der Waals surface area contributed by atoms with Crippen LogP contribution >= 0.6 is 0 Å². The molecule has 0 atom stereocenters. The minimum Gasteiger partial charge on any atom is -0.492 e. The van der Waals surface area contributed by atoms with E-state index >= 15 is 0 Å². The van der Waals surface area contributed by atoms with Crippen molar-refractivity contribution in [3.63, 3.8) is 0 Å². The van der Waals surface area contributed by atoms with E-state index in [1.807, 2.05) is 30.3 Å². The van der Waals surface area contributed by atoms with Crippen LogP contribution in [-0.2, 0) is 6.54 Å². The van der Waals surface area contributed by atoms with E-state index in [0.29, 0.717) is 25.3 Å². The van der Waals surface area contributed by atoms with Crippen LogP contribution in [0.15, 0.2) is 48.5 Å². The molecule has 0 fully saturated rings. The second-order valence-electron chi connectivity index (χ2n) is 4.41. The third-order valence-corrected chi connectivity index (χ3v) is 2.77. The topological polar surface area (TPSA) is 64.4 Å². The van der Waals surface area contributed by atoms with Gasteiger partial charge in [-0.3, -0.25) is 10.1 Å². The number of para-hydroxylation sites is 1. The molecule has 0 radical (unpaired) electrons. The van der Waals surface area contributed by atoms with E-state index in [4.69, 9.17) is 4.74 Å². The molecule has 2 aromatic rings. The molecule has 0 spiro atoms. The number of benzene rings is 2. The van der Waals surface area contributed by atoms with Crippen LogP contribution in [0.25, 0.3) is 0 Å². The van der Waals surface area contributed by atoms with E-state index in [-0.39, 0.29) is 5.69 Å². The summed E-state index contributed by atoms with van der Waals surface area (Å²) in [5.74, 6) is 0.169. The lowest BCUT2D eigenvalue weighted by Crippen LogP contribution is -2.20. The third-order valence-electron chi connectivity index (χ3n) is 2.77. The van der Waals surface area contributed by atoms with Gasteiger partial charge in [-0.2, -0.15) is 0 Å². The fourth-order valence-electron chi connectivity index (χ4n) is 1.83. The average molecular weight is 290 g/mol. The molecule has 110 valence electrons. The van der Waals surface area contributed by atoms with Crippen LogP contribution in [0.1, 0.15) is 5.56 Å². The van der Waals surface area contributed by atoms with Crippen molar-refractivity contribution in [1.82, 2.24) is 5.32 Å². The maximum Gasteiger partial charge on any atom is 0.272 e. The van der Waals surface area contributed by atoms with Gasteiger partial charge in [0.15, 0.2) is 0 Å². The smallest absolute Gasteiger partial charge is 0.272 e. The third kappa shape index (κ3) is 4.85. The zero-order valence-electron chi connectivity index (χ0n) is 11.3. The molecule has 2 aromatic carbocycles.